The van der Waals surface area contributed by atoms with Crippen LogP contribution in [-0.2, 0) is 13.3 Å². The first-order valence-corrected chi connectivity index (χ1v) is 7.73. The number of halogens is 1. The van der Waals surface area contributed by atoms with Crippen LogP contribution in [0.3, 0.4) is 0 Å². The Kier molecular flexibility index (Phi) is 5.61. The zero-order chi connectivity index (χ0) is 12.9. The highest BCUT2D eigenvalue weighted by molar-refractivity contribution is 9.10. The van der Waals surface area contributed by atoms with E-state index < -0.39 is 8.80 Å². The van der Waals surface area contributed by atoms with Crippen molar-refractivity contribution in [1.29, 1.82) is 0 Å². The molecule has 0 unspecified atom stereocenters. The first kappa shape index (κ1) is 14.7. The van der Waals surface area contributed by atoms with Crippen LogP contribution in [0.25, 0.3) is 0 Å². The smallest absolute Gasteiger partial charge is 0.494 e. The van der Waals surface area contributed by atoms with Gasteiger partial charge in [-0.25, -0.2) is 0 Å². The van der Waals surface area contributed by atoms with Gasteiger partial charge in [-0.1, -0.05) is 15.9 Å². The van der Waals surface area contributed by atoms with E-state index in [4.69, 9.17) is 18.0 Å². The monoisotopic (exact) mass is 320 g/mol. The summed E-state index contributed by atoms with van der Waals surface area (Å²) in [6.07, 6.45) is 0. The van der Waals surface area contributed by atoms with Gasteiger partial charge in [0, 0.05) is 25.8 Å². The van der Waals surface area contributed by atoms with E-state index in [0.29, 0.717) is 6.61 Å². The quantitative estimate of drug-likeness (QED) is 0.751. The maximum Gasteiger partial charge on any atom is 0.540 e. The Morgan fingerprint density at radius 2 is 1.71 bits per heavy atom. The van der Waals surface area contributed by atoms with Crippen molar-refractivity contribution in [2.45, 2.75) is 6.92 Å². The van der Waals surface area contributed by atoms with Crippen molar-refractivity contribution in [1.82, 2.24) is 0 Å². The molecule has 17 heavy (non-hydrogen) atoms. The first-order valence-electron chi connectivity index (χ1n) is 5.21. The second-order valence-electron chi connectivity index (χ2n) is 3.24. The molecule has 0 aliphatic heterocycles. The van der Waals surface area contributed by atoms with Crippen molar-refractivity contribution >= 4 is 29.9 Å². The van der Waals surface area contributed by atoms with Crippen molar-refractivity contribution in [2.75, 3.05) is 27.9 Å². The second-order valence-corrected chi connectivity index (χ2v) is 7.03. The first-order chi connectivity index (χ1) is 8.13. The average Bonchev–Trinajstić information content (AvgIpc) is 2.35. The van der Waals surface area contributed by atoms with Crippen molar-refractivity contribution in [3.8, 4) is 5.75 Å². The van der Waals surface area contributed by atoms with Gasteiger partial charge in [0.1, 0.15) is 5.75 Å². The van der Waals surface area contributed by atoms with Gasteiger partial charge in [-0.15, -0.1) is 0 Å². The van der Waals surface area contributed by atoms with Crippen LogP contribution in [0.1, 0.15) is 6.92 Å². The molecular formula is C11H17BrO4Si. The molecule has 0 saturated heterocycles. The largest absolute Gasteiger partial charge is 0.540 e. The van der Waals surface area contributed by atoms with Crippen molar-refractivity contribution < 1.29 is 18.0 Å². The van der Waals surface area contributed by atoms with Crippen LogP contribution in [0.15, 0.2) is 22.7 Å². The van der Waals surface area contributed by atoms with Crippen molar-refractivity contribution in [2.24, 2.45) is 0 Å². The molecule has 0 atom stereocenters. The Balaban J connectivity index is 3.29. The summed E-state index contributed by atoms with van der Waals surface area (Å²) in [5, 5.41) is 0.821. The van der Waals surface area contributed by atoms with Gasteiger partial charge in [0.05, 0.1) is 11.8 Å². The molecule has 0 spiro atoms. The summed E-state index contributed by atoms with van der Waals surface area (Å²) in [5.74, 6) is 0.730. The van der Waals surface area contributed by atoms with Crippen LogP contribution in [0, 0.1) is 0 Å². The van der Waals surface area contributed by atoms with E-state index in [-0.39, 0.29) is 0 Å². The van der Waals surface area contributed by atoms with E-state index in [1.54, 1.807) is 21.3 Å². The summed E-state index contributed by atoms with van der Waals surface area (Å²) < 4.78 is 22.9. The molecule has 0 radical (unpaired) electrons. The third kappa shape index (κ3) is 3.08. The fourth-order valence-corrected chi connectivity index (χ4v) is 4.12. The molecule has 6 heteroatoms. The molecule has 96 valence electrons. The summed E-state index contributed by atoms with van der Waals surface area (Å²) in [6.45, 7) is 2.51. The molecule has 1 aromatic rings. The minimum absolute atomic E-state index is 0.580. The molecule has 0 fully saturated rings. The SMILES string of the molecule is CCOc1ccc(Br)cc1[Si](OC)(OC)OC. The Morgan fingerprint density at radius 1 is 1.12 bits per heavy atom. The van der Waals surface area contributed by atoms with Crippen LogP contribution in [0.4, 0.5) is 0 Å². The summed E-state index contributed by atoms with van der Waals surface area (Å²) in [7, 11) is 1.88. The highest BCUT2D eigenvalue weighted by Gasteiger charge is 2.43. The van der Waals surface area contributed by atoms with Crippen LogP contribution in [-0.4, -0.2) is 36.7 Å². The van der Waals surface area contributed by atoms with Gasteiger partial charge in [-0.05, 0) is 25.1 Å². The molecular weight excluding hydrogens is 304 g/mol. The van der Waals surface area contributed by atoms with Crippen LogP contribution in [0.2, 0.25) is 0 Å². The summed E-state index contributed by atoms with van der Waals surface area (Å²) in [5.41, 5.74) is 0. The van der Waals surface area contributed by atoms with E-state index in [2.05, 4.69) is 15.9 Å². The highest BCUT2D eigenvalue weighted by Crippen LogP contribution is 2.20. The summed E-state index contributed by atoms with van der Waals surface area (Å²) in [6, 6.07) is 5.70. The third-order valence-corrected chi connectivity index (χ3v) is 5.53. The van der Waals surface area contributed by atoms with Crippen molar-refractivity contribution in [3.05, 3.63) is 22.7 Å². The predicted octanol–water partition coefficient (Wildman–Crippen LogP) is 1.93. The van der Waals surface area contributed by atoms with E-state index in [1.165, 1.54) is 0 Å². The molecule has 0 aliphatic rings. The van der Waals surface area contributed by atoms with Gasteiger partial charge in [-0.2, -0.15) is 0 Å². The number of hydrogen-bond donors (Lipinski definition) is 0. The zero-order valence-electron chi connectivity index (χ0n) is 10.5. The van der Waals surface area contributed by atoms with Crippen LogP contribution < -0.4 is 9.92 Å². The number of rotatable bonds is 6. The molecule has 1 rings (SSSR count). The third-order valence-electron chi connectivity index (χ3n) is 2.38. The van der Waals surface area contributed by atoms with Gasteiger partial charge < -0.3 is 18.0 Å². The summed E-state index contributed by atoms with van der Waals surface area (Å²) >= 11 is 3.43. The fraction of sp³-hybridized carbons (Fsp3) is 0.455. The fourth-order valence-electron chi connectivity index (χ4n) is 1.60. The maximum atomic E-state index is 5.58. The van der Waals surface area contributed by atoms with Crippen molar-refractivity contribution in [3.63, 3.8) is 0 Å². The summed E-state index contributed by atoms with van der Waals surface area (Å²) in [4.78, 5) is 0. The molecule has 0 amide bonds. The lowest BCUT2D eigenvalue weighted by atomic mass is 10.3. The van der Waals surface area contributed by atoms with Gasteiger partial charge in [0.2, 0.25) is 0 Å². The molecule has 0 saturated carbocycles. The number of benzene rings is 1. The number of hydrogen-bond acceptors (Lipinski definition) is 4. The number of ether oxygens (including phenoxy) is 1. The normalized spacial score (nSPS) is 11.6. The zero-order valence-corrected chi connectivity index (χ0v) is 13.0. The molecule has 0 aromatic heterocycles. The Morgan fingerprint density at radius 3 is 2.18 bits per heavy atom. The molecule has 1 aromatic carbocycles. The van der Waals surface area contributed by atoms with Gasteiger partial charge in [0.15, 0.2) is 0 Å². The molecule has 4 nitrogen and oxygen atoms in total. The average molecular weight is 321 g/mol. The van der Waals surface area contributed by atoms with E-state index in [9.17, 15) is 0 Å². The minimum Gasteiger partial charge on any atom is -0.494 e. The van der Waals surface area contributed by atoms with E-state index in [1.807, 2.05) is 25.1 Å². The van der Waals surface area contributed by atoms with Crippen LogP contribution in [0.5, 0.6) is 5.75 Å². The maximum absolute atomic E-state index is 5.58. The lowest BCUT2D eigenvalue weighted by Gasteiger charge is -2.26. The van der Waals surface area contributed by atoms with Crippen LogP contribution >= 0.6 is 15.9 Å². The molecule has 0 bridgehead atoms. The Hall–Kier alpha value is -0.403. The minimum atomic E-state index is -2.86. The topological polar surface area (TPSA) is 36.9 Å². The second kappa shape index (κ2) is 6.51. The van der Waals surface area contributed by atoms with Gasteiger partial charge in [-0.3, -0.25) is 0 Å². The predicted molar refractivity (Wildman–Crippen MR) is 71.7 cm³/mol. The molecule has 0 heterocycles. The lowest BCUT2D eigenvalue weighted by Crippen LogP contribution is -2.55. The van der Waals surface area contributed by atoms with E-state index in [0.717, 1.165) is 15.4 Å². The van der Waals surface area contributed by atoms with Gasteiger partial charge in [0.25, 0.3) is 0 Å². The lowest BCUT2D eigenvalue weighted by molar-refractivity contribution is 0.139. The Labute approximate surface area is 111 Å². The molecule has 0 N–H and O–H groups in total. The van der Waals surface area contributed by atoms with E-state index >= 15 is 0 Å². The Bertz CT molecular complexity index is 360. The molecule has 0 aliphatic carbocycles. The highest BCUT2D eigenvalue weighted by atomic mass is 79.9. The van der Waals surface area contributed by atoms with Gasteiger partial charge >= 0.3 is 8.80 Å². The standard InChI is InChI=1S/C11H17BrO4Si/c1-5-16-10-7-6-9(12)8-11(10)17(13-2,14-3)15-4/h6-8H,5H2,1-4H3.